The summed E-state index contributed by atoms with van der Waals surface area (Å²) in [5.74, 6) is -4.45. The minimum absolute atomic E-state index is 0.00618. The molecule has 0 aliphatic heterocycles. The smallest absolute Gasteiger partial charge is 0.290 e. The maximum Gasteiger partial charge on any atom is 0.290 e. The van der Waals surface area contributed by atoms with Gasteiger partial charge in [-0.25, -0.2) is 9.67 Å². The van der Waals surface area contributed by atoms with Gasteiger partial charge in [-0.2, -0.15) is 34.0 Å². The van der Waals surface area contributed by atoms with E-state index in [1.807, 2.05) is 0 Å². The van der Waals surface area contributed by atoms with Crippen molar-refractivity contribution >= 4 is 40.0 Å². The Morgan fingerprint density at radius 3 is 2.71 bits per heavy atom. The highest BCUT2D eigenvalue weighted by Crippen LogP contribution is 2.30. The van der Waals surface area contributed by atoms with Crippen LogP contribution in [-0.4, -0.2) is 51.8 Å². The van der Waals surface area contributed by atoms with Crippen LogP contribution in [0.5, 0.6) is 0 Å². The first-order chi connectivity index (χ1) is 18.0. The van der Waals surface area contributed by atoms with Gasteiger partial charge < -0.3 is 11.1 Å². The summed E-state index contributed by atoms with van der Waals surface area (Å²) in [6, 6.07) is 6.34. The van der Waals surface area contributed by atoms with E-state index in [9.17, 15) is 18.4 Å². The second-order valence-electron chi connectivity index (χ2n) is 8.49. The molecular weight excluding hydrogens is 522 g/mol. The Morgan fingerprint density at radius 2 is 2.03 bits per heavy atom. The van der Waals surface area contributed by atoms with Gasteiger partial charge in [-0.05, 0) is 36.8 Å². The molecule has 4 heterocycles. The fourth-order valence-corrected chi connectivity index (χ4v) is 4.10. The maximum atomic E-state index is 13.6. The lowest BCUT2D eigenvalue weighted by molar-refractivity contribution is 0.0121. The van der Waals surface area contributed by atoms with Crippen LogP contribution in [0.3, 0.4) is 0 Å². The summed E-state index contributed by atoms with van der Waals surface area (Å²) in [5, 5.41) is 22.3. The lowest BCUT2D eigenvalue weighted by Gasteiger charge is -2.14. The molecule has 12 nitrogen and oxygen atoms in total. The van der Waals surface area contributed by atoms with Crippen molar-refractivity contribution in [1.82, 2.24) is 40.0 Å². The molecule has 0 saturated heterocycles. The normalized spacial score (nSPS) is 11.7. The number of benzene rings is 1. The fourth-order valence-electron chi connectivity index (χ4n) is 3.90. The molecular formula is C23H19ClF2N10O2. The summed E-state index contributed by atoms with van der Waals surface area (Å²) < 4.78 is 28.4. The van der Waals surface area contributed by atoms with E-state index < -0.39 is 23.4 Å². The summed E-state index contributed by atoms with van der Waals surface area (Å²) in [7, 11) is 0. The number of anilines is 1. The number of nitrogens with one attached hydrogen (secondary N) is 2. The molecule has 0 aliphatic rings. The van der Waals surface area contributed by atoms with Crippen molar-refractivity contribution in [3.05, 3.63) is 76.1 Å². The van der Waals surface area contributed by atoms with E-state index in [0.29, 0.717) is 23.4 Å². The van der Waals surface area contributed by atoms with Gasteiger partial charge in [-0.15, -0.1) is 0 Å². The predicted molar refractivity (Wildman–Crippen MR) is 132 cm³/mol. The van der Waals surface area contributed by atoms with Crippen molar-refractivity contribution in [3.8, 4) is 5.82 Å². The van der Waals surface area contributed by atoms with E-state index in [4.69, 9.17) is 17.3 Å². The van der Waals surface area contributed by atoms with E-state index in [-0.39, 0.29) is 40.0 Å². The van der Waals surface area contributed by atoms with Crippen LogP contribution in [-0.2, 0) is 12.5 Å². The zero-order valence-electron chi connectivity index (χ0n) is 19.9. The van der Waals surface area contributed by atoms with E-state index in [1.165, 1.54) is 23.1 Å². The molecule has 0 radical (unpaired) electrons. The Morgan fingerprint density at radius 1 is 1.24 bits per heavy atom. The zero-order chi connectivity index (χ0) is 27.2. The molecule has 4 N–H and O–H groups in total. The number of amides is 2. The van der Waals surface area contributed by atoms with Gasteiger partial charge in [0.2, 0.25) is 0 Å². The van der Waals surface area contributed by atoms with Crippen molar-refractivity contribution in [2.45, 2.75) is 26.3 Å². The summed E-state index contributed by atoms with van der Waals surface area (Å²) in [5.41, 5.74) is 6.56. The highest BCUT2D eigenvalue weighted by Gasteiger charge is 2.29. The molecule has 0 saturated carbocycles. The predicted octanol–water partition coefficient (Wildman–Crippen LogP) is 3.21. The molecule has 5 aromatic rings. The monoisotopic (exact) mass is 540 g/mol. The van der Waals surface area contributed by atoms with E-state index >= 15 is 0 Å². The van der Waals surface area contributed by atoms with Gasteiger partial charge in [0.15, 0.2) is 11.5 Å². The Kier molecular flexibility index (Phi) is 6.11. The minimum atomic E-state index is -3.17. The number of rotatable bonds is 7. The van der Waals surface area contributed by atoms with Gasteiger partial charge in [0, 0.05) is 18.5 Å². The molecule has 0 fully saturated rings. The van der Waals surface area contributed by atoms with Crippen LogP contribution in [0.25, 0.3) is 16.7 Å². The Hall–Kier alpha value is -4.72. The van der Waals surface area contributed by atoms with Crippen molar-refractivity contribution in [2.75, 3.05) is 5.32 Å². The molecule has 38 heavy (non-hydrogen) atoms. The Balaban J connectivity index is 1.56. The second-order valence-corrected chi connectivity index (χ2v) is 8.89. The molecule has 194 valence electrons. The van der Waals surface area contributed by atoms with Crippen molar-refractivity contribution in [2.24, 2.45) is 5.73 Å². The van der Waals surface area contributed by atoms with E-state index in [1.54, 1.807) is 25.1 Å². The van der Waals surface area contributed by atoms with Crippen LogP contribution < -0.4 is 11.1 Å². The number of aromatic nitrogens is 8. The zero-order valence-corrected chi connectivity index (χ0v) is 20.7. The van der Waals surface area contributed by atoms with Gasteiger partial charge >= 0.3 is 0 Å². The first kappa shape index (κ1) is 25.0. The Labute approximate surface area is 217 Å². The van der Waals surface area contributed by atoms with Gasteiger partial charge in [-0.3, -0.25) is 14.7 Å². The number of nitrogens with two attached hydrogens (primary N) is 1. The quantitative estimate of drug-likeness (QED) is 0.285. The molecule has 0 atom stereocenters. The number of hydrogen-bond donors (Lipinski definition) is 3. The number of pyridine rings is 1. The molecule has 0 spiro atoms. The highest BCUT2D eigenvalue weighted by atomic mass is 35.5. The lowest BCUT2D eigenvalue weighted by atomic mass is 10.0. The average Bonchev–Trinajstić information content (AvgIpc) is 3.59. The summed E-state index contributed by atoms with van der Waals surface area (Å²) >= 11 is 6.32. The van der Waals surface area contributed by atoms with Gasteiger partial charge in [-0.1, -0.05) is 11.6 Å². The first-order valence-corrected chi connectivity index (χ1v) is 11.5. The van der Waals surface area contributed by atoms with Crippen LogP contribution in [0.15, 0.2) is 42.9 Å². The van der Waals surface area contributed by atoms with Crippen molar-refractivity contribution in [3.63, 3.8) is 0 Å². The second kappa shape index (κ2) is 9.30. The third-order valence-electron chi connectivity index (χ3n) is 5.64. The summed E-state index contributed by atoms with van der Waals surface area (Å²) in [6.07, 6.45) is 3.96. The number of hydrogen-bond acceptors (Lipinski definition) is 7. The number of nitrogens with zero attached hydrogens (tertiary/aromatic N) is 7. The molecule has 4 aromatic heterocycles. The van der Waals surface area contributed by atoms with Crippen molar-refractivity contribution in [1.29, 1.82) is 0 Å². The lowest BCUT2D eigenvalue weighted by Crippen LogP contribution is -2.22. The minimum Gasteiger partial charge on any atom is -0.365 e. The third-order valence-corrected chi connectivity index (χ3v) is 5.94. The highest BCUT2D eigenvalue weighted by molar-refractivity contribution is 6.32. The number of halogens is 3. The number of primary amides is 1. The van der Waals surface area contributed by atoms with Crippen LogP contribution in [0.2, 0.25) is 5.02 Å². The van der Waals surface area contributed by atoms with Gasteiger partial charge in [0.25, 0.3) is 17.7 Å². The number of aromatic amines is 1. The molecule has 0 aliphatic carbocycles. The molecule has 0 unspecified atom stereocenters. The molecule has 1 aromatic carbocycles. The SMILES string of the molecule is Cc1cc2cn[nH]c2c(C(N)=O)c1NC(=O)c1cc(Cn2ncc(C(C)(F)F)n2)nn1-c1ncccc1Cl. The number of carbonyl (C=O) groups is 2. The number of aryl methyl sites for hydroxylation is 1. The van der Waals surface area contributed by atoms with Gasteiger partial charge in [0.1, 0.15) is 12.2 Å². The molecule has 2 amide bonds. The van der Waals surface area contributed by atoms with E-state index in [0.717, 1.165) is 11.0 Å². The first-order valence-electron chi connectivity index (χ1n) is 11.1. The number of fused-ring (bicyclic) bond motifs is 1. The standard InChI is InChI=1S/C23H19ClF2N10O2/c1-11-6-12-8-29-32-19(12)17(20(27)37)18(11)31-22(38)15-7-13(10-35-30-9-16(34-35)23(2,25)26)33-36(15)21-14(24)4-3-5-28-21/h3-9H,10H2,1-2H3,(H2,27,37)(H,29,32)(H,31,38). The largest absolute Gasteiger partial charge is 0.365 e. The van der Waals surface area contributed by atoms with Crippen LogP contribution in [0, 0.1) is 6.92 Å². The number of alkyl halides is 2. The fraction of sp³-hybridized carbons (Fsp3) is 0.174. The van der Waals surface area contributed by atoms with Gasteiger partial charge in [0.05, 0.1) is 39.9 Å². The molecule has 15 heteroatoms. The summed E-state index contributed by atoms with van der Waals surface area (Å²) in [6.45, 7) is 2.29. The van der Waals surface area contributed by atoms with Crippen molar-refractivity contribution < 1.29 is 18.4 Å². The van der Waals surface area contributed by atoms with E-state index in [2.05, 4.69) is 35.8 Å². The number of H-pyrrole nitrogens is 1. The number of carbonyl (C=O) groups excluding carboxylic acids is 2. The summed E-state index contributed by atoms with van der Waals surface area (Å²) in [4.78, 5) is 31.1. The average molecular weight is 541 g/mol. The maximum absolute atomic E-state index is 13.6. The topological polar surface area (TPSA) is 162 Å². The van der Waals surface area contributed by atoms with Crippen LogP contribution in [0.1, 0.15) is 44.7 Å². The molecule has 0 bridgehead atoms. The third kappa shape index (κ3) is 4.56. The van der Waals surface area contributed by atoms with Crippen LogP contribution >= 0.6 is 11.6 Å². The van der Waals surface area contributed by atoms with Crippen LogP contribution in [0.4, 0.5) is 14.5 Å². The molecule has 5 rings (SSSR count). The Bertz CT molecular complexity index is 1700.